The fraction of sp³-hybridized carbons (Fsp3) is 0.304. The average Bonchev–Trinajstić information content (AvgIpc) is 2.76. The number of fused-ring (bicyclic) bond motifs is 1. The number of carbonyl (C=O) groups is 1. The van der Waals surface area contributed by atoms with Gasteiger partial charge >= 0.3 is 5.97 Å². The number of nitriles is 1. The van der Waals surface area contributed by atoms with E-state index in [-0.39, 0.29) is 23.1 Å². The molecule has 1 aliphatic rings. The van der Waals surface area contributed by atoms with Crippen LogP contribution in [0, 0.1) is 18.3 Å². The molecule has 1 aliphatic heterocycles. The Morgan fingerprint density at radius 3 is 2.69 bits per heavy atom. The van der Waals surface area contributed by atoms with Gasteiger partial charge in [0.05, 0.1) is 35.2 Å². The molecule has 9 heteroatoms. The molecule has 1 fully saturated rings. The minimum Gasteiger partial charge on any atom is -0.478 e. The summed E-state index contributed by atoms with van der Waals surface area (Å²) in [7, 11) is 0. The van der Waals surface area contributed by atoms with E-state index in [1.807, 2.05) is 26.0 Å². The van der Waals surface area contributed by atoms with Crippen LogP contribution in [-0.2, 0) is 0 Å². The summed E-state index contributed by atoms with van der Waals surface area (Å²) < 4.78 is 27.6. The molecule has 2 aromatic carbocycles. The van der Waals surface area contributed by atoms with Crippen LogP contribution in [0.4, 0.5) is 20.3 Å². The predicted molar refractivity (Wildman–Crippen MR) is 116 cm³/mol. The van der Waals surface area contributed by atoms with Crippen LogP contribution in [0.3, 0.4) is 0 Å². The van der Waals surface area contributed by atoms with E-state index in [1.54, 1.807) is 24.3 Å². The average molecular weight is 437 g/mol. The number of rotatable bonds is 5. The smallest absolute Gasteiger partial charge is 0.337 e. The van der Waals surface area contributed by atoms with Gasteiger partial charge in [0.15, 0.2) is 11.5 Å². The van der Waals surface area contributed by atoms with E-state index in [2.05, 4.69) is 15.3 Å². The molecule has 0 amide bonds. The van der Waals surface area contributed by atoms with E-state index >= 15 is 0 Å². The van der Waals surface area contributed by atoms with Crippen LogP contribution >= 0.6 is 0 Å². The Hall–Kier alpha value is -3.80. The molecule has 0 radical (unpaired) electrons. The van der Waals surface area contributed by atoms with Gasteiger partial charge in [0.2, 0.25) is 0 Å². The third-order valence-corrected chi connectivity index (χ3v) is 5.76. The maximum absolute atomic E-state index is 13.8. The minimum atomic E-state index is -2.85. The topological polar surface area (TPSA) is 102 Å². The van der Waals surface area contributed by atoms with Crippen molar-refractivity contribution >= 4 is 28.5 Å². The van der Waals surface area contributed by atoms with Crippen molar-refractivity contribution in [2.45, 2.75) is 38.8 Å². The minimum absolute atomic E-state index is 0.00626. The maximum atomic E-state index is 13.8. The van der Waals surface area contributed by atoms with Crippen LogP contribution in [0.5, 0.6) is 0 Å². The van der Waals surface area contributed by atoms with Gasteiger partial charge in [-0.2, -0.15) is 5.26 Å². The van der Waals surface area contributed by atoms with Gasteiger partial charge in [-0.1, -0.05) is 18.2 Å². The molecule has 4 rings (SSSR count). The number of nitrogens with zero attached hydrogens (tertiary/aromatic N) is 4. The largest absolute Gasteiger partial charge is 0.478 e. The first-order valence-corrected chi connectivity index (χ1v) is 10.1. The van der Waals surface area contributed by atoms with E-state index < -0.39 is 24.5 Å². The molecule has 0 spiro atoms. The molecule has 7 nitrogen and oxygen atoms in total. The second-order valence-corrected chi connectivity index (χ2v) is 8.01. The zero-order valence-electron chi connectivity index (χ0n) is 17.7. The van der Waals surface area contributed by atoms with Gasteiger partial charge in [0.1, 0.15) is 6.07 Å². The predicted octanol–water partition coefficient (Wildman–Crippen LogP) is 4.53. The van der Waals surface area contributed by atoms with Crippen LogP contribution in [0.1, 0.15) is 47.1 Å². The van der Waals surface area contributed by atoms with Gasteiger partial charge in [-0.05, 0) is 44.5 Å². The van der Waals surface area contributed by atoms with Gasteiger partial charge in [-0.25, -0.2) is 23.5 Å². The Balaban J connectivity index is 1.80. The molecule has 0 aliphatic carbocycles. The summed E-state index contributed by atoms with van der Waals surface area (Å²) in [6.07, 6.45) is 0. The third kappa shape index (κ3) is 3.58. The highest BCUT2D eigenvalue weighted by atomic mass is 19.3. The first-order valence-electron chi connectivity index (χ1n) is 10.1. The molecule has 0 bridgehead atoms. The van der Waals surface area contributed by atoms with Crippen molar-refractivity contribution in [1.29, 1.82) is 5.26 Å². The number of benzene rings is 2. The lowest BCUT2D eigenvalue weighted by atomic mass is 9.99. The van der Waals surface area contributed by atoms with Crippen LogP contribution < -0.4 is 10.2 Å². The van der Waals surface area contributed by atoms with Crippen molar-refractivity contribution in [3.8, 4) is 6.07 Å². The highest BCUT2D eigenvalue weighted by Gasteiger charge is 2.53. The van der Waals surface area contributed by atoms with Crippen molar-refractivity contribution in [1.82, 2.24) is 9.97 Å². The summed E-state index contributed by atoms with van der Waals surface area (Å²) in [5, 5.41) is 22.2. The van der Waals surface area contributed by atoms with Gasteiger partial charge < -0.3 is 15.3 Å². The van der Waals surface area contributed by atoms with Crippen molar-refractivity contribution in [3.63, 3.8) is 0 Å². The summed E-state index contributed by atoms with van der Waals surface area (Å²) in [5.74, 6) is -3.78. The Labute approximate surface area is 183 Å². The molecular weight excluding hydrogens is 416 g/mol. The number of carboxylic acids is 1. The van der Waals surface area contributed by atoms with Crippen LogP contribution in [0.15, 0.2) is 36.4 Å². The number of anilines is 2. The highest BCUT2D eigenvalue weighted by Crippen LogP contribution is 2.39. The van der Waals surface area contributed by atoms with Crippen molar-refractivity contribution in [3.05, 3.63) is 58.8 Å². The van der Waals surface area contributed by atoms with Crippen LogP contribution in [-0.4, -0.2) is 39.6 Å². The molecule has 32 heavy (non-hydrogen) atoms. The molecule has 1 aromatic heterocycles. The number of para-hydroxylation sites is 1. The van der Waals surface area contributed by atoms with Gasteiger partial charge in [-0.3, -0.25) is 0 Å². The monoisotopic (exact) mass is 437 g/mol. The number of halogens is 2. The lowest BCUT2D eigenvalue weighted by Gasteiger charge is -2.46. The van der Waals surface area contributed by atoms with E-state index in [9.17, 15) is 23.9 Å². The second kappa shape index (κ2) is 7.71. The van der Waals surface area contributed by atoms with Crippen molar-refractivity contribution in [2.75, 3.05) is 16.8 Å². The molecule has 2 atom stereocenters. The number of carboxylic acid groups (broad SMARTS) is 1. The summed E-state index contributed by atoms with van der Waals surface area (Å²) in [6.45, 7) is 4.59. The summed E-state index contributed by atoms with van der Waals surface area (Å²) in [6, 6.07) is 10.7. The number of alkyl halides is 2. The van der Waals surface area contributed by atoms with Crippen LogP contribution in [0.2, 0.25) is 0 Å². The first-order chi connectivity index (χ1) is 15.1. The Kier molecular flexibility index (Phi) is 5.17. The summed E-state index contributed by atoms with van der Waals surface area (Å²) in [4.78, 5) is 21.9. The number of hydrogen-bond acceptors (Lipinski definition) is 6. The number of hydrogen-bond donors (Lipinski definition) is 2. The number of aromatic nitrogens is 2. The highest BCUT2D eigenvalue weighted by molar-refractivity contribution is 5.94. The lowest BCUT2D eigenvalue weighted by Crippen LogP contribution is -2.64. The molecule has 1 unspecified atom stereocenters. The van der Waals surface area contributed by atoms with E-state index in [0.29, 0.717) is 16.7 Å². The quantitative estimate of drug-likeness (QED) is 0.605. The normalized spacial score (nSPS) is 18.0. The van der Waals surface area contributed by atoms with Crippen LogP contribution in [0.25, 0.3) is 11.0 Å². The zero-order chi connectivity index (χ0) is 23.2. The standard InChI is InChI=1S/C23H21F2N5O2/c1-12-8-16(13(2)27-17-7-5-4-6-15(17)22(31)32)20-18(9-12)28-19(10-26)21(29-20)30-11-23(24,25)14(30)3/h4-9,13-14,27H,11H2,1-3H3,(H,31,32)/t13-,14?/m1/s1. The van der Waals surface area contributed by atoms with E-state index in [4.69, 9.17) is 0 Å². The molecule has 2 N–H and O–H groups in total. The maximum Gasteiger partial charge on any atom is 0.337 e. The summed E-state index contributed by atoms with van der Waals surface area (Å²) >= 11 is 0. The molecule has 1 saturated heterocycles. The van der Waals surface area contributed by atoms with Gasteiger partial charge in [0, 0.05) is 11.3 Å². The van der Waals surface area contributed by atoms with Crippen molar-refractivity contribution in [2.24, 2.45) is 0 Å². The molecule has 164 valence electrons. The Morgan fingerprint density at radius 1 is 1.34 bits per heavy atom. The van der Waals surface area contributed by atoms with E-state index in [1.165, 1.54) is 17.9 Å². The number of aryl methyl sites for hydroxylation is 1. The fourth-order valence-electron chi connectivity index (χ4n) is 3.91. The van der Waals surface area contributed by atoms with E-state index in [0.717, 1.165) is 11.1 Å². The van der Waals surface area contributed by atoms with Gasteiger partial charge in [-0.15, -0.1) is 0 Å². The number of aromatic carboxylic acids is 1. The van der Waals surface area contributed by atoms with Crippen molar-refractivity contribution < 1.29 is 18.7 Å². The molecule has 0 saturated carbocycles. The first kappa shape index (κ1) is 21.4. The SMILES string of the molecule is Cc1cc([C@@H](C)Nc2ccccc2C(=O)O)c2nc(N3CC(F)(F)C3C)c(C#N)nc2c1. The number of nitrogens with one attached hydrogen (secondary N) is 1. The lowest BCUT2D eigenvalue weighted by molar-refractivity contribution is -0.0643. The zero-order valence-corrected chi connectivity index (χ0v) is 17.7. The summed E-state index contributed by atoms with van der Waals surface area (Å²) in [5.41, 5.74) is 3.11. The fourth-order valence-corrected chi connectivity index (χ4v) is 3.91. The molecule has 2 heterocycles. The molecular formula is C23H21F2N5O2. The van der Waals surface area contributed by atoms with Gasteiger partial charge in [0.25, 0.3) is 5.92 Å². The third-order valence-electron chi connectivity index (χ3n) is 5.76. The second-order valence-electron chi connectivity index (χ2n) is 8.01. The molecule has 3 aromatic rings. The Bertz CT molecular complexity index is 1270. The Morgan fingerprint density at radius 2 is 2.06 bits per heavy atom.